The molecule has 0 N–H and O–H groups in total. The van der Waals surface area contributed by atoms with Crippen molar-refractivity contribution in [3.8, 4) is 17.9 Å². The van der Waals surface area contributed by atoms with Crippen LogP contribution in [0.15, 0.2) is 36.4 Å². The summed E-state index contributed by atoms with van der Waals surface area (Å²) in [5, 5.41) is 18.3. The Morgan fingerprint density at radius 1 is 0.952 bits per heavy atom. The summed E-state index contributed by atoms with van der Waals surface area (Å²) in [6.45, 7) is 3.65. The molecule has 0 aliphatic heterocycles. The van der Waals surface area contributed by atoms with Gasteiger partial charge in [0.15, 0.2) is 0 Å². The lowest BCUT2D eigenvalue weighted by Gasteiger charge is -2.08. The summed E-state index contributed by atoms with van der Waals surface area (Å²) in [6.07, 6.45) is 0. The van der Waals surface area contributed by atoms with Crippen LogP contribution in [0.4, 0.5) is 0 Å². The maximum Gasteiger partial charge on any atom is 0.343 e. The van der Waals surface area contributed by atoms with Crippen LogP contribution in [0.1, 0.15) is 32.6 Å². The second kappa shape index (κ2) is 5.90. The Bertz CT molecular complexity index is 778. The van der Waals surface area contributed by atoms with E-state index in [1.54, 1.807) is 37.3 Å². The van der Waals surface area contributed by atoms with E-state index >= 15 is 0 Å². The van der Waals surface area contributed by atoms with Crippen molar-refractivity contribution in [2.24, 2.45) is 0 Å². The van der Waals surface area contributed by atoms with Gasteiger partial charge in [-0.3, -0.25) is 0 Å². The zero-order chi connectivity index (χ0) is 15.4. The summed E-state index contributed by atoms with van der Waals surface area (Å²) < 4.78 is 5.25. The molecule has 102 valence electrons. The molecule has 0 amide bonds. The third-order valence-corrected chi connectivity index (χ3v) is 3.09. The molecule has 0 heterocycles. The predicted molar refractivity (Wildman–Crippen MR) is 76.7 cm³/mol. The summed E-state index contributed by atoms with van der Waals surface area (Å²) >= 11 is 0. The molecule has 0 bridgehead atoms. The maximum atomic E-state index is 12.1. The van der Waals surface area contributed by atoms with Crippen molar-refractivity contribution >= 4 is 5.97 Å². The Morgan fingerprint density at radius 2 is 1.57 bits per heavy atom. The standard InChI is InChI=1S/C17H12N2O2/c1-11-3-6-13(7-4-11)17(20)21-16-8-5-12(2)14(9-18)15(16)10-19/h3-8H,1-2H3. The fourth-order valence-corrected chi connectivity index (χ4v) is 1.88. The molecule has 0 saturated carbocycles. The van der Waals surface area contributed by atoms with Gasteiger partial charge in [-0.15, -0.1) is 0 Å². The molecule has 0 fully saturated rings. The average molecular weight is 276 g/mol. The largest absolute Gasteiger partial charge is 0.421 e. The third kappa shape index (κ3) is 2.91. The van der Waals surface area contributed by atoms with Crippen molar-refractivity contribution in [1.82, 2.24) is 0 Å². The molecule has 0 spiro atoms. The van der Waals surface area contributed by atoms with Gasteiger partial charge in [-0.1, -0.05) is 23.8 Å². The minimum Gasteiger partial charge on any atom is -0.421 e. The number of rotatable bonds is 2. The van der Waals surface area contributed by atoms with Gasteiger partial charge in [-0.05, 0) is 37.6 Å². The first-order valence-corrected chi connectivity index (χ1v) is 6.29. The van der Waals surface area contributed by atoms with Crippen LogP contribution in [0.25, 0.3) is 0 Å². The zero-order valence-electron chi connectivity index (χ0n) is 11.7. The molecule has 2 aromatic rings. The zero-order valence-corrected chi connectivity index (χ0v) is 11.7. The average Bonchev–Trinajstić information content (AvgIpc) is 2.49. The maximum absolute atomic E-state index is 12.1. The quantitative estimate of drug-likeness (QED) is 0.623. The van der Waals surface area contributed by atoms with Crippen LogP contribution in [0.3, 0.4) is 0 Å². The highest BCUT2D eigenvalue weighted by atomic mass is 16.5. The van der Waals surface area contributed by atoms with Crippen molar-refractivity contribution in [1.29, 1.82) is 10.5 Å². The highest BCUT2D eigenvalue weighted by molar-refractivity contribution is 5.91. The summed E-state index contributed by atoms with van der Waals surface area (Å²) in [6, 6.07) is 14.0. The molecular weight excluding hydrogens is 264 g/mol. The first kappa shape index (κ1) is 14.3. The first-order valence-electron chi connectivity index (χ1n) is 6.29. The van der Waals surface area contributed by atoms with E-state index in [-0.39, 0.29) is 16.9 Å². The first-order chi connectivity index (χ1) is 10.1. The number of hydrogen-bond acceptors (Lipinski definition) is 4. The van der Waals surface area contributed by atoms with Crippen molar-refractivity contribution in [2.75, 3.05) is 0 Å². The summed E-state index contributed by atoms with van der Waals surface area (Å²) in [4.78, 5) is 12.1. The van der Waals surface area contributed by atoms with Gasteiger partial charge in [0, 0.05) is 0 Å². The molecule has 21 heavy (non-hydrogen) atoms. The van der Waals surface area contributed by atoms with Gasteiger partial charge in [0.05, 0.1) is 11.1 Å². The number of carbonyl (C=O) groups is 1. The van der Waals surface area contributed by atoms with E-state index in [1.165, 1.54) is 6.07 Å². The number of esters is 1. The number of carbonyl (C=O) groups excluding carboxylic acids is 1. The van der Waals surface area contributed by atoms with Crippen LogP contribution < -0.4 is 4.74 Å². The Hall–Kier alpha value is -3.11. The van der Waals surface area contributed by atoms with Crippen LogP contribution in [0, 0.1) is 36.5 Å². The second-order valence-corrected chi connectivity index (χ2v) is 4.61. The predicted octanol–water partition coefficient (Wildman–Crippen LogP) is 3.27. The molecule has 2 rings (SSSR count). The van der Waals surface area contributed by atoms with Crippen molar-refractivity contribution in [3.63, 3.8) is 0 Å². The molecular formula is C17H12N2O2. The molecule has 0 radical (unpaired) electrons. The fraction of sp³-hybridized carbons (Fsp3) is 0.118. The van der Waals surface area contributed by atoms with E-state index in [0.29, 0.717) is 11.1 Å². The monoisotopic (exact) mass is 276 g/mol. The number of nitriles is 2. The number of nitrogens with zero attached hydrogens (tertiary/aromatic N) is 2. The Morgan fingerprint density at radius 3 is 2.14 bits per heavy atom. The fourth-order valence-electron chi connectivity index (χ4n) is 1.88. The normalized spacial score (nSPS) is 9.52. The van der Waals surface area contributed by atoms with Gasteiger partial charge in [-0.2, -0.15) is 10.5 Å². The van der Waals surface area contributed by atoms with Crippen molar-refractivity contribution in [2.45, 2.75) is 13.8 Å². The summed E-state index contributed by atoms with van der Waals surface area (Å²) in [5.41, 5.74) is 2.41. The number of benzene rings is 2. The van der Waals surface area contributed by atoms with E-state index in [0.717, 1.165) is 5.56 Å². The molecule has 0 aliphatic carbocycles. The molecule has 4 heteroatoms. The third-order valence-electron chi connectivity index (χ3n) is 3.09. The number of ether oxygens (including phenoxy) is 1. The van der Waals surface area contributed by atoms with E-state index in [2.05, 4.69) is 0 Å². The topological polar surface area (TPSA) is 73.9 Å². The molecule has 0 saturated heterocycles. The Balaban J connectivity index is 2.37. The van der Waals surface area contributed by atoms with Gasteiger partial charge in [0.1, 0.15) is 23.5 Å². The summed E-state index contributed by atoms with van der Waals surface area (Å²) in [5.74, 6) is -0.454. The molecule has 2 aromatic carbocycles. The molecule has 0 atom stereocenters. The Labute approximate surface area is 122 Å². The lowest BCUT2D eigenvalue weighted by molar-refractivity contribution is 0.0734. The molecule has 4 nitrogen and oxygen atoms in total. The molecule has 0 unspecified atom stereocenters. The van der Waals surface area contributed by atoms with Crippen LogP contribution in [-0.2, 0) is 0 Å². The molecule has 0 aliphatic rings. The minimum absolute atomic E-state index is 0.0814. The Kier molecular flexibility index (Phi) is 4.02. The van der Waals surface area contributed by atoms with Crippen LogP contribution in [-0.4, -0.2) is 5.97 Å². The van der Waals surface area contributed by atoms with E-state index in [1.807, 2.05) is 19.1 Å². The summed E-state index contributed by atoms with van der Waals surface area (Å²) in [7, 11) is 0. The van der Waals surface area contributed by atoms with Gasteiger partial charge >= 0.3 is 5.97 Å². The van der Waals surface area contributed by atoms with Crippen LogP contribution in [0.5, 0.6) is 5.75 Å². The SMILES string of the molecule is Cc1ccc(C(=O)Oc2ccc(C)c(C#N)c2C#N)cc1. The van der Waals surface area contributed by atoms with Gasteiger partial charge < -0.3 is 4.74 Å². The van der Waals surface area contributed by atoms with E-state index < -0.39 is 5.97 Å². The van der Waals surface area contributed by atoms with Crippen LogP contribution >= 0.6 is 0 Å². The highest BCUT2D eigenvalue weighted by Gasteiger charge is 2.16. The number of aryl methyl sites for hydroxylation is 2. The lowest BCUT2D eigenvalue weighted by Crippen LogP contribution is -2.10. The van der Waals surface area contributed by atoms with E-state index in [4.69, 9.17) is 10.00 Å². The van der Waals surface area contributed by atoms with Crippen molar-refractivity contribution in [3.05, 3.63) is 64.2 Å². The number of hydrogen-bond donors (Lipinski definition) is 0. The van der Waals surface area contributed by atoms with E-state index in [9.17, 15) is 10.1 Å². The van der Waals surface area contributed by atoms with Crippen LogP contribution in [0.2, 0.25) is 0 Å². The van der Waals surface area contributed by atoms with Gasteiger partial charge in [0.2, 0.25) is 0 Å². The smallest absolute Gasteiger partial charge is 0.343 e. The van der Waals surface area contributed by atoms with Crippen molar-refractivity contribution < 1.29 is 9.53 Å². The van der Waals surface area contributed by atoms with Gasteiger partial charge in [-0.25, -0.2) is 4.79 Å². The lowest BCUT2D eigenvalue weighted by atomic mass is 10.0. The highest BCUT2D eigenvalue weighted by Crippen LogP contribution is 2.25. The second-order valence-electron chi connectivity index (χ2n) is 4.61. The molecule has 0 aromatic heterocycles. The minimum atomic E-state index is -0.556. The van der Waals surface area contributed by atoms with Gasteiger partial charge in [0.25, 0.3) is 0 Å².